The van der Waals surface area contributed by atoms with Crippen LogP contribution in [-0.4, -0.2) is 66.4 Å². The Balaban J connectivity index is 0.000000623. The first-order valence-electron chi connectivity index (χ1n) is 12.0. The van der Waals surface area contributed by atoms with E-state index >= 15 is 0 Å². The van der Waals surface area contributed by atoms with E-state index in [1.807, 2.05) is 0 Å². The maximum atomic E-state index is 12.4. The predicted octanol–water partition coefficient (Wildman–Crippen LogP) is 1.59. The van der Waals surface area contributed by atoms with Gasteiger partial charge in [-0.1, -0.05) is 30.3 Å². The number of rotatable bonds is 7. The Kier molecular flexibility index (Phi) is 9.82. The Morgan fingerprint density at radius 3 is 2.60 bits per heavy atom. The molecular formula is C24H35N5O5S. The number of likely N-dealkylation sites (tertiary alicyclic amines) is 1. The Morgan fingerprint density at radius 2 is 1.91 bits per heavy atom. The van der Waals surface area contributed by atoms with Crippen LogP contribution in [0, 0.1) is 5.92 Å². The lowest BCUT2D eigenvalue weighted by atomic mass is 9.93. The first-order chi connectivity index (χ1) is 16.7. The Hall–Kier alpha value is -2.76. The maximum Gasteiger partial charge on any atom is 0.269 e. The van der Waals surface area contributed by atoms with Gasteiger partial charge in [0.05, 0.1) is 24.1 Å². The average molecular weight is 506 g/mol. The summed E-state index contributed by atoms with van der Waals surface area (Å²) in [6.07, 6.45) is 5.95. The fraction of sp³-hybridized carbons (Fsp3) is 0.542. The van der Waals surface area contributed by atoms with Crippen LogP contribution in [0.4, 0.5) is 5.69 Å². The molecule has 35 heavy (non-hydrogen) atoms. The minimum Gasteiger partial charge on any atom is -0.383 e. The normalized spacial score (nSPS) is 16.4. The number of hydrogen-bond donors (Lipinski definition) is 4. The van der Waals surface area contributed by atoms with Gasteiger partial charge in [-0.05, 0) is 56.7 Å². The molecule has 10 nitrogen and oxygen atoms in total. The highest BCUT2D eigenvalue weighted by molar-refractivity contribution is 7.85. The van der Waals surface area contributed by atoms with Crippen LogP contribution in [0.1, 0.15) is 42.5 Å². The summed E-state index contributed by atoms with van der Waals surface area (Å²) in [6, 6.07) is 10.6. The van der Waals surface area contributed by atoms with Gasteiger partial charge in [-0.2, -0.15) is 13.5 Å². The number of H-pyrrole nitrogens is 1. The number of piperidine rings is 1. The lowest BCUT2D eigenvalue weighted by Crippen LogP contribution is -2.35. The molecule has 2 aromatic rings. The summed E-state index contributed by atoms with van der Waals surface area (Å²) in [7, 11) is -3.67. The monoisotopic (exact) mass is 505 g/mol. The predicted molar refractivity (Wildman–Crippen MR) is 135 cm³/mol. The van der Waals surface area contributed by atoms with Gasteiger partial charge in [0.25, 0.3) is 15.7 Å². The highest BCUT2D eigenvalue weighted by atomic mass is 32.2. The topological polar surface area (TPSA) is 144 Å². The van der Waals surface area contributed by atoms with Crippen molar-refractivity contribution in [3.05, 3.63) is 57.5 Å². The van der Waals surface area contributed by atoms with Gasteiger partial charge in [0.15, 0.2) is 0 Å². The molecule has 1 amide bonds. The van der Waals surface area contributed by atoms with Crippen molar-refractivity contribution in [1.29, 1.82) is 0 Å². The van der Waals surface area contributed by atoms with E-state index in [2.05, 4.69) is 56.1 Å². The van der Waals surface area contributed by atoms with Crippen molar-refractivity contribution in [3.8, 4) is 0 Å². The lowest BCUT2D eigenvalue weighted by molar-refractivity contribution is -0.120. The number of benzene rings is 1. The van der Waals surface area contributed by atoms with Crippen LogP contribution in [0.15, 0.2) is 35.1 Å². The van der Waals surface area contributed by atoms with Gasteiger partial charge in [-0.15, -0.1) is 0 Å². The molecule has 4 rings (SSSR count). The summed E-state index contributed by atoms with van der Waals surface area (Å²) < 4.78 is 25.9. The third-order valence-corrected chi connectivity index (χ3v) is 6.22. The fourth-order valence-corrected chi connectivity index (χ4v) is 4.49. The Labute approximate surface area is 206 Å². The van der Waals surface area contributed by atoms with E-state index in [1.165, 1.54) is 18.4 Å². The van der Waals surface area contributed by atoms with Crippen molar-refractivity contribution in [2.45, 2.75) is 45.1 Å². The summed E-state index contributed by atoms with van der Waals surface area (Å²) in [6.45, 7) is 4.77. The Bertz CT molecular complexity index is 1120. The number of aromatic nitrogens is 2. The largest absolute Gasteiger partial charge is 0.383 e. The molecule has 1 aromatic carbocycles. The molecule has 192 valence electrons. The van der Waals surface area contributed by atoms with Crippen LogP contribution in [0.2, 0.25) is 0 Å². The second kappa shape index (κ2) is 12.8. The van der Waals surface area contributed by atoms with Gasteiger partial charge in [0.2, 0.25) is 5.91 Å². The molecule has 2 aliphatic heterocycles. The molecule has 0 bridgehead atoms. The quantitative estimate of drug-likeness (QED) is 0.415. The van der Waals surface area contributed by atoms with Crippen LogP contribution >= 0.6 is 0 Å². The van der Waals surface area contributed by atoms with Gasteiger partial charge < -0.3 is 10.6 Å². The van der Waals surface area contributed by atoms with Crippen molar-refractivity contribution in [1.82, 2.24) is 20.4 Å². The van der Waals surface area contributed by atoms with E-state index in [0.717, 1.165) is 56.7 Å². The molecule has 2 aliphatic rings. The highest BCUT2D eigenvalue weighted by Crippen LogP contribution is 2.22. The minimum absolute atomic E-state index is 0.0364. The molecule has 0 unspecified atom stereocenters. The average Bonchev–Trinajstić information content (AvgIpc) is 2.82. The smallest absolute Gasteiger partial charge is 0.269 e. The van der Waals surface area contributed by atoms with E-state index in [-0.39, 0.29) is 17.9 Å². The molecule has 0 aliphatic carbocycles. The van der Waals surface area contributed by atoms with Crippen molar-refractivity contribution in [2.24, 2.45) is 5.92 Å². The summed E-state index contributed by atoms with van der Waals surface area (Å²) in [5, 5.41) is 12.9. The number of amides is 1. The Morgan fingerprint density at radius 1 is 1.23 bits per heavy atom. The van der Waals surface area contributed by atoms with Crippen molar-refractivity contribution >= 4 is 21.7 Å². The number of hydrogen-bond acceptors (Lipinski definition) is 7. The third-order valence-electron chi connectivity index (χ3n) is 6.22. The zero-order valence-corrected chi connectivity index (χ0v) is 20.9. The molecular weight excluding hydrogens is 470 g/mol. The maximum absolute atomic E-state index is 12.4. The molecule has 1 aromatic heterocycles. The summed E-state index contributed by atoms with van der Waals surface area (Å²) in [5.74, 6) is 0.628. The van der Waals surface area contributed by atoms with Crippen molar-refractivity contribution < 1.29 is 17.8 Å². The summed E-state index contributed by atoms with van der Waals surface area (Å²) >= 11 is 0. The zero-order chi connectivity index (χ0) is 25.3. The fourth-order valence-electron chi connectivity index (χ4n) is 4.49. The number of nitrogens with one attached hydrogen (secondary N) is 3. The molecule has 1 saturated heterocycles. The molecule has 0 spiro atoms. The minimum atomic E-state index is -3.67. The molecule has 0 saturated carbocycles. The molecule has 0 atom stereocenters. The number of aromatic amines is 1. The number of nitrogens with zero attached hydrogens (tertiary/aromatic N) is 2. The van der Waals surface area contributed by atoms with Gasteiger partial charge in [0.1, 0.15) is 0 Å². The number of carbonyl (C=O) groups is 1. The number of fused-ring (bicyclic) bond motifs is 1. The molecule has 3 heterocycles. The standard InChI is InChI=1S/C23H31N5O2.CH4O3S/c29-21(15-20-22-19(7-4-11-25-22)23(30)27-26-20)24-12-8-17-9-13-28(14-10-17)16-18-5-2-1-3-6-18;1-5(2,3)4/h1-3,5-6,17,25H,4,7-16H2,(H,24,29)(H,27,30);1H3,(H,2,3,4). The molecule has 4 N–H and O–H groups in total. The summed E-state index contributed by atoms with van der Waals surface area (Å²) in [4.78, 5) is 26.8. The van der Waals surface area contributed by atoms with Gasteiger partial charge in [0, 0.05) is 25.2 Å². The van der Waals surface area contributed by atoms with Gasteiger partial charge in [-0.3, -0.25) is 19.0 Å². The van der Waals surface area contributed by atoms with E-state index in [9.17, 15) is 18.0 Å². The summed E-state index contributed by atoms with van der Waals surface area (Å²) in [5.41, 5.74) is 3.33. The van der Waals surface area contributed by atoms with E-state index < -0.39 is 10.1 Å². The second-order valence-electron chi connectivity index (χ2n) is 9.14. The van der Waals surface area contributed by atoms with E-state index in [1.54, 1.807) is 0 Å². The van der Waals surface area contributed by atoms with Gasteiger partial charge >= 0.3 is 0 Å². The zero-order valence-electron chi connectivity index (χ0n) is 20.1. The lowest BCUT2D eigenvalue weighted by Gasteiger charge is -2.32. The SMILES string of the molecule is CS(=O)(=O)O.O=C(Cc1n[nH]c(=O)c2c1NCCC2)NCCC1CCN(Cc2ccccc2)CC1. The van der Waals surface area contributed by atoms with E-state index in [4.69, 9.17) is 4.55 Å². The van der Waals surface area contributed by atoms with Gasteiger partial charge in [-0.25, -0.2) is 5.10 Å². The van der Waals surface area contributed by atoms with Crippen molar-refractivity contribution in [2.75, 3.05) is 37.8 Å². The van der Waals surface area contributed by atoms with Crippen LogP contribution in [0.3, 0.4) is 0 Å². The highest BCUT2D eigenvalue weighted by Gasteiger charge is 2.21. The first kappa shape index (κ1) is 26.8. The van der Waals surface area contributed by atoms with Crippen LogP contribution in [-0.2, 0) is 34.3 Å². The van der Waals surface area contributed by atoms with Crippen LogP contribution < -0.4 is 16.2 Å². The molecule has 1 fully saturated rings. The second-order valence-corrected chi connectivity index (χ2v) is 10.6. The van der Waals surface area contributed by atoms with Crippen LogP contribution in [0.25, 0.3) is 0 Å². The first-order valence-corrected chi connectivity index (χ1v) is 13.8. The van der Waals surface area contributed by atoms with E-state index in [0.29, 0.717) is 24.4 Å². The number of carbonyl (C=O) groups excluding carboxylic acids is 1. The van der Waals surface area contributed by atoms with Crippen LogP contribution in [0.5, 0.6) is 0 Å². The third kappa shape index (κ3) is 9.42. The van der Waals surface area contributed by atoms with Crippen molar-refractivity contribution in [3.63, 3.8) is 0 Å². The number of anilines is 1. The molecule has 11 heteroatoms. The molecule has 0 radical (unpaired) electrons.